The van der Waals surface area contributed by atoms with Gasteiger partial charge in [0.15, 0.2) is 28.7 Å². The lowest BCUT2D eigenvalue weighted by Gasteiger charge is -2.36. The van der Waals surface area contributed by atoms with Crippen LogP contribution in [-0.2, 0) is 10.3 Å². The van der Waals surface area contributed by atoms with Crippen molar-refractivity contribution in [2.45, 2.75) is 5.60 Å². The average molecular weight is 383 g/mol. The van der Waals surface area contributed by atoms with Gasteiger partial charge in [-0.1, -0.05) is 6.07 Å². The van der Waals surface area contributed by atoms with Crippen LogP contribution in [0.5, 0.6) is 23.0 Å². The topological polar surface area (TPSA) is 102 Å². The molecule has 6 nitrogen and oxygen atoms in total. The summed E-state index contributed by atoms with van der Waals surface area (Å²) in [6, 6.07) is 8.47. The van der Waals surface area contributed by atoms with E-state index in [9.17, 15) is 23.8 Å². The van der Waals surface area contributed by atoms with Gasteiger partial charge in [0.1, 0.15) is 11.5 Å². The predicted octanol–water partition coefficient (Wildman–Crippen LogP) is 3.53. The summed E-state index contributed by atoms with van der Waals surface area (Å²) in [4.78, 5) is 12.6. The molecular weight excluding hydrogens is 372 g/mol. The van der Waals surface area contributed by atoms with Crippen LogP contribution in [0.2, 0.25) is 0 Å². The highest BCUT2D eigenvalue weighted by Gasteiger charge is 2.54. The van der Waals surface area contributed by atoms with Gasteiger partial charge in [-0.15, -0.1) is 0 Å². The summed E-state index contributed by atoms with van der Waals surface area (Å²) in [5.74, 6) is -4.03. The summed E-state index contributed by atoms with van der Waals surface area (Å²) in [6.45, 7) is 0. The van der Waals surface area contributed by atoms with Gasteiger partial charge in [-0.2, -0.15) is 0 Å². The predicted molar refractivity (Wildman–Crippen MR) is 92.4 cm³/mol. The number of carbonyl (C=O) groups is 1. The Bertz CT molecular complexity index is 1150. The number of nitrogens with two attached hydrogens (primary N) is 1. The zero-order valence-corrected chi connectivity index (χ0v) is 14.0. The third-order valence-electron chi connectivity index (χ3n) is 4.97. The molecule has 0 bridgehead atoms. The smallest absolute Gasteiger partial charge is 0.340 e. The number of anilines is 1. The first-order chi connectivity index (χ1) is 13.3. The molecule has 0 aromatic heterocycles. The number of halogens is 2. The summed E-state index contributed by atoms with van der Waals surface area (Å²) < 4.78 is 39.8. The van der Waals surface area contributed by atoms with Gasteiger partial charge in [-0.3, -0.25) is 0 Å². The maximum atomic E-state index is 14.2. The molecule has 2 aliphatic heterocycles. The second kappa shape index (κ2) is 5.13. The molecule has 0 amide bonds. The number of benzene rings is 3. The fourth-order valence-corrected chi connectivity index (χ4v) is 3.75. The van der Waals surface area contributed by atoms with E-state index in [1.165, 1.54) is 18.2 Å². The molecule has 0 fully saturated rings. The molecule has 2 heterocycles. The van der Waals surface area contributed by atoms with E-state index in [1.54, 1.807) is 0 Å². The van der Waals surface area contributed by atoms with Crippen LogP contribution in [-0.4, -0.2) is 16.2 Å². The Morgan fingerprint density at radius 2 is 1.43 bits per heavy atom. The number of phenols is 2. The van der Waals surface area contributed by atoms with Gasteiger partial charge in [0.25, 0.3) is 0 Å². The number of ether oxygens (including phenoxy) is 2. The third kappa shape index (κ3) is 1.91. The van der Waals surface area contributed by atoms with Gasteiger partial charge in [-0.05, 0) is 24.3 Å². The van der Waals surface area contributed by atoms with Crippen molar-refractivity contribution in [3.63, 3.8) is 0 Å². The Hall–Kier alpha value is -3.81. The molecule has 0 aliphatic carbocycles. The molecule has 0 unspecified atom stereocenters. The summed E-state index contributed by atoms with van der Waals surface area (Å²) >= 11 is 0. The summed E-state index contributed by atoms with van der Waals surface area (Å²) in [5.41, 5.74) is 4.94. The molecule has 3 aromatic rings. The summed E-state index contributed by atoms with van der Waals surface area (Å²) in [7, 11) is 0. The molecule has 1 spiro atoms. The van der Waals surface area contributed by atoms with Gasteiger partial charge in [0, 0.05) is 23.4 Å². The first-order valence-corrected chi connectivity index (χ1v) is 8.18. The molecule has 3 aromatic carbocycles. The zero-order valence-electron chi connectivity index (χ0n) is 14.0. The van der Waals surface area contributed by atoms with E-state index in [-0.39, 0.29) is 28.2 Å². The highest BCUT2D eigenvalue weighted by Crippen LogP contribution is 2.57. The number of fused-ring (bicyclic) bond motifs is 6. The molecule has 4 N–H and O–H groups in total. The zero-order chi connectivity index (χ0) is 19.8. The van der Waals surface area contributed by atoms with Crippen molar-refractivity contribution in [1.82, 2.24) is 0 Å². The fourth-order valence-electron chi connectivity index (χ4n) is 3.75. The van der Waals surface area contributed by atoms with Crippen LogP contribution in [0.4, 0.5) is 14.5 Å². The molecular formula is C20H11F2NO5. The van der Waals surface area contributed by atoms with Crippen LogP contribution in [0, 0.1) is 11.6 Å². The SMILES string of the molecule is Nc1ccc2c(c1)C(=O)OC21c2cc(F)c(O)cc2Oc2cc(O)c(F)cc21. The summed E-state index contributed by atoms with van der Waals surface area (Å²) in [5, 5.41) is 19.5. The number of nitrogen functional groups attached to an aromatic ring is 1. The fraction of sp³-hybridized carbons (Fsp3) is 0.0500. The van der Waals surface area contributed by atoms with Crippen molar-refractivity contribution in [3.8, 4) is 23.0 Å². The lowest BCUT2D eigenvalue weighted by molar-refractivity contribution is 0.0221. The minimum atomic E-state index is -1.73. The van der Waals surface area contributed by atoms with Crippen molar-refractivity contribution in [2.75, 3.05) is 5.73 Å². The highest BCUT2D eigenvalue weighted by molar-refractivity contribution is 5.98. The minimum absolute atomic E-state index is 0.00474. The monoisotopic (exact) mass is 383 g/mol. The number of rotatable bonds is 0. The Morgan fingerprint density at radius 3 is 2.00 bits per heavy atom. The lowest BCUT2D eigenvalue weighted by atomic mass is 9.77. The van der Waals surface area contributed by atoms with E-state index < -0.39 is 34.7 Å². The van der Waals surface area contributed by atoms with Crippen molar-refractivity contribution >= 4 is 11.7 Å². The van der Waals surface area contributed by atoms with Gasteiger partial charge < -0.3 is 25.4 Å². The Balaban J connectivity index is 1.93. The van der Waals surface area contributed by atoms with Crippen molar-refractivity contribution in [1.29, 1.82) is 0 Å². The molecule has 0 saturated carbocycles. The first-order valence-electron chi connectivity index (χ1n) is 8.18. The molecule has 0 saturated heterocycles. The quantitative estimate of drug-likeness (QED) is 0.406. The van der Waals surface area contributed by atoms with Crippen LogP contribution in [0.25, 0.3) is 0 Å². The van der Waals surface area contributed by atoms with Crippen LogP contribution in [0.3, 0.4) is 0 Å². The minimum Gasteiger partial charge on any atom is -0.505 e. The van der Waals surface area contributed by atoms with E-state index >= 15 is 0 Å². The van der Waals surface area contributed by atoms with Crippen LogP contribution in [0.1, 0.15) is 27.0 Å². The molecule has 140 valence electrons. The Labute approximate surface area is 156 Å². The van der Waals surface area contributed by atoms with Gasteiger partial charge in [0.2, 0.25) is 0 Å². The van der Waals surface area contributed by atoms with E-state index in [2.05, 4.69) is 0 Å². The molecule has 0 radical (unpaired) electrons. The van der Waals surface area contributed by atoms with E-state index in [0.717, 1.165) is 24.3 Å². The van der Waals surface area contributed by atoms with E-state index in [0.29, 0.717) is 11.3 Å². The van der Waals surface area contributed by atoms with Crippen LogP contribution >= 0.6 is 0 Å². The maximum absolute atomic E-state index is 14.2. The number of hydrogen-bond donors (Lipinski definition) is 3. The van der Waals surface area contributed by atoms with Crippen LogP contribution < -0.4 is 10.5 Å². The Morgan fingerprint density at radius 1 is 0.857 bits per heavy atom. The number of carbonyl (C=O) groups excluding carboxylic acids is 1. The normalized spacial score (nSPS) is 15.4. The number of esters is 1. The number of hydrogen-bond acceptors (Lipinski definition) is 6. The second-order valence-corrected chi connectivity index (χ2v) is 6.58. The first kappa shape index (κ1) is 16.4. The van der Waals surface area contributed by atoms with Crippen LogP contribution in [0.15, 0.2) is 42.5 Å². The van der Waals surface area contributed by atoms with Gasteiger partial charge >= 0.3 is 5.97 Å². The van der Waals surface area contributed by atoms with Gasteiger partial charge in [0.05, 0.1) is 16.7 Å². The second-order valence-electron chi connectivity index (χ2n) is 6.58. The molecule has 5 rings (SSSR count). The number of phenolic OH excluding ortho intramolecular Hbond substituents is 2. The van der Waals surface area contributed by atoms with Crippen molar-refractivity contribution in [3.05, 3.63) is 76.4 Å². The Kier molecular flexibility index (Phi) is 3.00. The maximum Gasteiger partial charge on any atom is 0.340 e. The van der Waals surface area contributed by atoms with E-state index in [4.69, 9.17) is 15.2 Å². The standard InChI is InChI=1S/C20H11F2NO5/c21-13-4-11-17(6-15(13)24)27-18-7-16(25)14(22)5-12(18)20(11)10-2-1-8(23)3-9(10)19(26)28-20/h1-7,24-25H,23H2. The molecule has 28 heavy (non-hydrogen) atoms. The third-order valence-corrected chi connectivity index (χ3v) is 4.97. The average Bonchev–Trinajstić information content (AvgIpc) is 2.92. The highest BCUT2D eigenvalue weighted by atomic mass is 19.1. The lowest BCUT2D eigenvalue weighted by Crippen LogP contribution is -2.33. The molecule has 2 aliphatic rings. The van der Waals surface area contributed by atoms with Gasteiger partial charge in [-0.25, -0.2) is 13.6 Å². The summed E-state index contributed by atoms with van der Waals surface area (Å²) in [6.07, 6.45) is 0. The van der Waals surface area contributed by atoms with Crippen molar-refractivity contribution in [2.24, 2.45) is 0 Å². The molecule has 0 atom stereocenters. The van der Waals surface area contributed by atoms with E-state index in [1.807, 2.05) is 0 Å². The number of aromatic hydroxyl groups is 2. The van der Waals surface area contributed by atoms with Crippen molar-refractivity contribution < 1.29 is 33.3 Å². The largest absolute Gasteiger partial charge is 0.505 e. The molecule has 8 heteroatoms.